The van der Waals surface area contributed by atoms with Crippen molar-refractivity contribution in [2.75, 3.05) is 7.11 Å². The lowest BCUT2D eigenvalue weighted by Gasteiger charge is -2.07. The van der Waals surface area contributed by atoms with E-state index in [4.69, 9.17) is 4.74 Å². The van der Waals surface area contributed by atoms with Crippen LogP contribution in [-0.4, -0.2) is 18.1 Å². The number of carbonyl (C=O) groups excluding carboxylic acids is 1. The summed E-state index contributed by atoms with van der Waals surface area (Å²) in [5, 5.41) is 0.914. The summed E-state index contributed by atoms with van der Waals surface area (Å²) in [6, 6.07) is 0. The number of hydrogen-bond acceptors (Lipinski definition) is 4. The first-order chi connectivity index (χ1) is 6.19. The first-order valence-electron chi connectivity index (χ1n) is 4.20. The molecular weight excluding hydrogens is 186 g/mol. The lowest BCUT2D eigenvalue weighted by molar-refractivity contribution is -0.143. The van der Waals surface area contributed by atoms with Gasteiger partial charge < -0.3 is 4.74 Å². The Morgan fingerprint density at radius 1 is 1.69 bits per heavy atom. The molecule has 0 aliphatic heterocycles. The van der Waals surface area contributed by atoms with E-state index in [0.717, 1.165) is 22.7 Å². The van der Waals surface area contributed by atoms with Crippen molar-refractivity contribution in [3.05, 3.63) is 16.1 Å². The number of hydrogen-bond donors (Lipinski definition) is 0. The molecule has 0 spiro atoms. The minimum absolute atomic E-state index is 0.137. The van der Waals surface area contributed by atoms with Crippen molar-refractivity contribution in [2.24, 2.45) is 0 Å². The molecule has 13 heavy (non-hydrogen) atoms. The van der Waals surface area contributed by atoms with E-state index in [9.17, 15) is 4.79 Å². The maximum absolute atomic E-state index is 11.5. The van der Waals surface area contributed by atoms with Crippen LogP contribution in [0.25, 0.3) is 0 Å². The molecule has 0 radical (unpaired) electrons. The third-order valence-electron chi connectivity index (χ3n) is 2.36. The number of esters is 1. The monoisotopic (exact) mass is 197 g/mol. The zero-order chi connectivity index (χ0) is 9.47. The van der Waals surface area contributed by atoms with Crippen LogP contribution in [0.3, 0.4) is 0 Å². The van der Waals surface area contributed by atoms with E-state index in [-0.39, 0.29) is 11.4 Å². The van der Waals surface area contributed by atoms with Crippen molar-refractivity contribution in [2.45, 2.75) is 25.2 Å². The molecule has 1 fully saturated rings. The molecule has 70 valence electrons. The Kier molecular flexibility index (Phi) is 1.87. The Bertz CT molecular complexity index is 341. The number of ether oxygens (including phenoxy) is 1. The van der Waals surface area contributed by atoms with E-state index >= 15 is 0 Å². The summed E-state index contributed by atoms with van der Waals surface area (Å²) in [4.78, 5) is 16.8. The molecule has 1 saturated carbocycles. The van der Waals surface area contributed by atoms with E-state index in [0.29, 0.717) is 0 Å². The number of methoxy groups -OCH3 is 1. The number of rotatable bonds is 2. The van der Waals surface area contributed by atoms with Gasteiger partial charge in [-0.25, -0.2) is 4.98 Å². The second-order valence-electron chi connectivity index (χ2n) is 3.35. The van der Waals surface area contributed by atoms with Crippen LogP contribution >= 0.6 is 11.3 Å². The predicted molar refractivity (Wildman–Crippen MR) is 49.8 cm³/mol. The van der Waals surface area contributed by atoms with Crippen LogP contribution in [0.5, 0.6) is 0 Å². The summed E-state index contributed by atoms with van der Waals surface area (Å²) in [6.45, 7) is 1.99. The highest BCUT2D eigenvalue weighted by molar-refractivity contribution is 7.11. The van der Waals surface area contributed by atoms with E-state index in [1.165, 1.54) is 7.11 Å². The van der Waals surface area contributed by atoms with Gasteiger partial charge in [0.25, 0.3) is 0 Å². The van der Waals surface area contributed by atoms with Gasteiger partial charge in [0.2, 0.25) is 0 Å². The number of aromatic nitrogens is 1. The molecule has 0 atom stereocenters. The zero-order valence-corrected chi connectivity index (χ0v) is 8.48. The number of nitrogens with zero attached hydrogens (tertiary/aromatic N) is 1. The van der Waals surface area contributed by atoms with E-state index < -0.39 is 0 Å². The van der Waals surface area contributed by atoms with Crippen LogP contribution in [0, 0.1) is 6.92 Å². The third kappa shape index (κ3) is 1.25. The Balaban J connectivity index is 2.30. The summed E-state index contributed by atoms with van der Waals surface area (Å²) < 4.78 is 4.77. The Labute approximate surface area is 80.8 Å². The molecular formula is C9H11NO2S. The normalized spacial score (nSPS) is 18.3. The SMILES string of the molecule is COC(=O)C1(c2ncc(C)s2)CC1. The average molecular weight is 197 g/mol. The molecule has 0 amide bonds. The number of aryl methyl sites for hydroxylation is 1. The van der Waals surface area contributed by atoms with Gasteiger partial charge >= 0.3 is 5.97 Å². The van der Waals surface area contributed by atoms with Crippen molar-refractivity contribution >= 4 is 17.3 Å². The summed E-state index contributed by atoms with van der Waals surface area (Å²) in [7, 11) is 1.43. The molecule has 4 heteroatoms. The predicted octanol–water partition coefficient (Wildman–Crippen LogP) is 1.66. The Morgan fingerprint density at radius 3 is 2.77 bits per heavy atom. The summed E-state index contributed by atoms with van der Waals surface area (Å²) >= 11 is 1.59. The van der Waals surface area contributed by atoms with Gasteiger partial charge in [0.1, 0.15) is 10.4 Å². The van der Waals surface area contributed by atoms with Crippen molar-refractivity contribution in [1.82, 2.24) is 4.98 Å². The molecule has 0 saturated heterocycles. The van der Waals surface area contributed by atoms with Crippen LogP contribution in [0.1, 0.15) is 22.7 Å². The lowest BCUT2D eigenvalue weighted by Crippen LogP contribution is -2.21. The second kappa shape index (κ2) is 2.80. The highest BCUT2D eigenvalue weighted by Crippen LogP contribution is 2.50. The average Bonchev–Trinajstić information content (AvgIpc) is 2.83. The molecule has 1 aromatic heterocycles. The first-order valence-corrected chi connectivity index (χ1v) is 5.02. The van der Waals surface area contributed by atoms with Gasteiger partial charge in [-0.2, -0.15) is 0 Å². The standard InChI is InChI=1S/C9H11NO2S/c1-6-5-10-7(13-6)9(3-4-9)8(11)12-2/h5H,3-4H2,1-2H3. The minimum atomic E-state index is -0.381. The summed E-state index contributed by atoms with van der Waals surface area (Å²) in [6.07, 6.45) is 3.57. The van der Waals surface area contributed by atoms with Crippen molar-refractivity contribution < 1.29 is 9.53 Å². The molecule has 1 aromatic rings. The smallest absolute Gasteiger partial charge is 0.318 e. The topological polar surface area (TPSA) is 39.2 Å². The molecule has 3 nitrogen and oxygen atoms in total. The van der Waals surface area contributed by atoms with Gasteiger partial charge in [-0.1, -0.05) is 0 Å². The maximum atomic E-state index is 11.5. The Hall–Kier alpha value is -0.900. The van der Waals surface area contributed by atoms with E-state index in [2.05, 4.69) is 4.98 Å². The highest BCUT2D eigenvalue weighted by atomic mass is 32.1. The van der Waals surface area contributed by atoms with Crippen LogP contribution in [0.4, 0.5) is 0 Å². The highest BCUT2D eigenvalue weighted by Gasteiger charge is 2.54. The fourth-order valence-electron chi connectivity index (χ4n) is 1.40. The van der Waals surface area contributed by atoms with Crippen LogP contribution in [-0.2, 0) is 14.9 Å². The van der Waals surface area contributed by atoms with Gasteiger partial charge in [-0.3, -0.25) is 4.79 Å². The summed E-state index contributed by atoms with van der Waals surface area (Å²) in [5.41, 5.74) is -0.381. The molecule has 1 aliphatic rings. The molecule has 0 bridgehead atoms. The second-order valence-corrected chi connectivity index (χ2v) is 4.58. The number of thiazole rings is 1. The van der Waals surface area contributed by atoms with E-state index in [1.54, 1.807) is 11.3 Å². The van der Waals surface area contributed by atoms with Gasteiger partial charge in [-0.15, -0.1) is 11.3 Å². The van der Waals surface area contributed by atoms with Crippen molar-refractivity contribution in [1.29, 1.82) is 0 Å². The molecule has 0 N–H and O–H groups in total. The molecule has 2 rings (SSSR count). The fourth-order valence-corrected chi connectivity index (χ4v) is 2.40. The van der Waals surface area contributed by atoms with Crippen LogP contribution in [0.2, 0.25) is 0 Å². The zero-order valence-electron chi connectivity index (χ0n) is 7.66. The fraction of sp³-hybridized carbons (Fsp3) is 0.556. The maximum Gasteiger partial charge on any atom is 0.318 e. The van der Waals surface area contributed by atoms with Crippen molar-refractivity contribution in [3.63, 3.8) is 0 Å². The van der Waals surface area contributed by atoms with Crippen LogP contribution in [0.15, 0.2) is 6.20 Å². The van der Waals surface area contributed by atoms with Gasteiger partial charge in [0.15, 0.2) is 0 Å². The molecule has 0 unspecified atom stereocenters. The van der Waals surface area contributed by atoms with Gasteiger partial charge in [0.05, 0.1) is 7.11 Å². The molecule has 1 heterocycles. The van der Waals surface area contributed by atoms with Crippen LogP contribution < -0.4 is 0 Å². The first kappa shape index (κ1) is 8.69. The quantitative estimate of drug-likeness (QED) is 0.677. The summed E-state index contributed by atoms with van der Waals surface area (Å²) in [5.74, 6) is -0.137. The number of carbonyl (C=O) groups is 1. The van der Waals surface area contributed by atoms with Gasteiger partial charge in [0, 0.05) is 11.1 Å². The lowest BCUT2D eigenvalue weighted by atomic mass is 10.1. The Morgan fingerprint density at radius 2 is 2.38 bits per heavy atom. The van der Waals surface area contributed by atoms with Gasteiger partial charge in [-0.05, 0) is 19.8 Å². The molecule has 0 aromatic carbocycles. The van der Waals surface area contributed by atoms with Crippen molar-refractivity contribution in [3.8, 4) is 0 Å². The molecule has 1 aliphatic carbocycles. The third-order valence-corrected chi connectivity index (χ3v) is 3.47. The largest absolute Gasteiger partial charge is 0.468 e. The van der Waals surface area contributed by atoms with E-state index in [1.807, 2.05) is 13.1 Å². The minimum Gasteiger partial charge on any atom is -0.468 e.